The number of ether oxygens (including phenoxy) is 2. The van der Waals surface area contributed by atoms with Crippen LogP contribution >= 0.6 is 0 Å². The Balaban J connectivity index is 1.32. The second-order valence-electron chi connectivity index (χ2n) is 7.75. The maximum absolute atomic E-state index is 6.12. The van der Waals surface area contributed by atoms with Gasteiger partial charge in [-0.3, -0.25) is 10.1 Å². The Kier molecular flexibility index (Phi) is 5.44. The highest BCUT2D eigenvalue weighted by atomic mass is 16.5. The van der Waals surface area contributed by atoms with Crippen LogP contribution in [0.1, 0.15) is 5.69 Å². The summed E-state index contributed by atoms with van der Waals surface area (Å²) in [6.07, 6.45) is 3.23. The molecule has 0 aliphatic heterocycles. The summed E-state index contributed by atoms with van der Waals surface area (Å²) in [7, 11) is 0. The standard InChI is InChI=1S/C26H24N4O2/c1-17-24-12-19(9-10-25(24)30-29-17)20-11-21(15-28-14-20)32-22(13-27)16-31-26-8-4-6-18-5-2-3-7-23(18)26/h2-12,14-15,22H,13,16,27H2,1H3,(H,29,30). The first-order valence-electron chi connectivity index (χ1n) is 10.6. The van der Waals surface area contributed by atoms with Crippen LogP contribution in [0, 0.1) is 6.92 Å². The number of nitrogens with two attached hydrogens (primary N) is 1. The lowest BCUT2D eigenvalue weighted by atomic mass is 10.0. The van der Waals surface area contributed by atoms with Gasteiger partial charge in [-0.15, -0.1) is 0 Å². The lowest BCUT2D eigenvalue weighted by molar-refractivity contribution is 0.135. The normalized spacial score (nSPS) is 12.2. The molecule has 6 nitrogen and oxygen atoms in total. The molecule has 5 rings (SSSR count). The van der Waals surface area contributed by atoms with Gasteiger partial charge in [0.15, 0.2) is 0 Å². The van der Waals surface area contributed by atoms with E-state index in [0.717, 1.165) is 44.2 Å². The summed E-state index contributed by atoms with van der Waals surface area (Å²) in [6, 6.07) is 22.3. The van der Waals surface area contributed by atoms with Crippen LogP contribution in [0.3, 0.4) is 0 Å². The van der Waals surface area contributed by atoms with E-state index in [1.807, 2.05) is 55.6 Å². The number of rotatable bonds is 7. The molecule has 0 amide bonds. The molecule has 0 fully saturated rings. The third kappa shape index (κ3) is 4.00. The van der Waals surface area contributed by atoms with Gasteiger partial charge in [0.2, 0.25) is 0 Å². The van der Waals surface area contributed by atoms with Gasteiger partial charge in [0.05, 0.1) is 11.7 Å². The Bertz CT molecular complexity index is 1370. The Hall–Kier alpha value is -3.90. The summed E-state index contributed by atoms with van der Waals surface area (Å²) in [5, 5.41) is 10.6. The molecule has 32 heavy (non-hydrogen) atoms. The number of H-pyrrole nitrogens is 1. The molecule has 1 unspecified atom stereocenters. The van der Waals surface area contributed by atoms with Gasteiger partial charge in [-0.05, 0) is 42.1 Å². The number of aromatic nitrogens is 3. The summed E-state index contributed by atoms with van der Waals surface area (Å²) in [5.74, 6) is 1.48. The average molecular weight is 425 g/mol. The molecule has 3 N–H and O–H groups in total. The fraction of sp³-hybridized carbons (Fsp3) is 0.154. The third-order valence-corrected chi connectivity index (χ3v) is 5.53. The number of aromatic amines is 1. The number of nitrogens with one attached hydrogen (secondary N) is 1. The van der Waals surface area contributed by atoms with Crippen LogP contribution < -0.4 is 15.2 Å². The molecule has 6 heteroatoms. The molecule has 0 aliphatic rings. The first-order valence-corrected chi connectivity index (χ1v) is 10.6. The van der Waals surface area contributed by atoms with Crippen molar-refractivity contribution in [3.05, 3.63) is 84.8 Å². The van der Waals surface area contributed by atoms with Crippen molar-refractivity contribution in [1.82, 2.24) is 15.2 Å². The predicted octanol–water partition coefficient (Wildman–Crippen LogP) is 4.87. The summed E-state index contributed by atoms with van der Waals surface area (Å²) in [4.78, 5) is 4.37. The molecule has 0 spiro atoms. The Morgan fingerprint density at radius 1 is 0.938 bits per heavy atom. The van der Waals surface area contributed by atoms with Crippen molar-refractivity contribution in [3.63, 3.8) is 0 Å². The number of hydrogen-bond acceptors (Lipinski definition) is 5. The first kappa shape index (κ1) is 20.0. The molecular formula is C26H24N4O2. The van der Waals surface area contributed by atoms with E-state index >= 15 is 0 Å². The number of fused-ring (bicyclic) bond motifs is 2. The molecule has 0 saturated heterocycles. The molecule has 0 bridgehead atoms. The molecule has 2 heterocycles. The van der Waals surface area contributed by atoms with Gasteiger partial charge in [-0.2, -0.15) is 5.10 Å². The molecule has 0 saturated carbocycles. The first-order chi connectivity index (χ1) is 15.7. The lowest BCUT2D eigenvalue weighted by Gasteiger charge is -2.19. The van der Waals surface area contributed by atoms with Gasteiger partial charge in [0.25, 0.3) is 0 Å². The Morgan fingerprint density at radius 2 is 1.81 bits per heavy atom. The molecule has 160 valence electrons. The van der Waals surface area contributed by atoms with Gasteiger partial charge < -0.3 is 15.2 Å². The van der Waals surface area contributed by atoms with Crippen LogP contribution in [-0.4, -0.2) is 34.4 Å². The van der Waals surface area contributed by atoms with Gasteiger partial charge in [0, 0.05) is 34.8 Å². The monoisotopic (exact) mass is 424 g/mol. The van der Waals surface area contributed by atoms with E-state index in [9.17, 15) is 0 Å². The fourth-order valence-electron chi connectivity index (χ4n) is 3.81. The zero-order valence-corrected chi connectivity index (χ0v) is 17.8. The molecular weight excluding hydrogens is 400 g/mol. The molecule has 5 aromatic rings. The van der Waals surface area contributed by atoms with E-state index in [1.54, 1.807) is 6.20 Å². The highest BCUT2D eigenvalue weighted by Crippen LogP contribution is 2.28. The predicted molar refractivity (Wildman–Crippen MR) is 127 cm³/mol. The van der Waals surface area contributed by atoms with E-state index in [0.29, 0.717) is 18.9 Å². The highest BCUT2D eigenvalue weighted by molar-refractivity contribution is 5.88. The van der Waals surface area contributed by atoms with Gasteiger partial charge in [-0.1, -0.05) is 42.5 Å². The van der Waals surface area contributed by atoms with E-state index in [1.165, 1.54) is 0 Å². The largest absolute Gasteiger partial charge is 0.489 e. The summed E-state index contributed by atoms with van der Waals surface area (Å²) in [5.41, 5.74) is 9.98. The molecule has 1 atom stereocenters. The molecule has 0 aliphatic carbocycles. The summed E-state index contributed by atoms with van der Waals surface area (Å²) >= 11 is 0. The van der Waals surface area contributed by atoms with Gasteiger partial charge in [0.1, 0.15) is 24.2 Å². The Morgan fingerprint density at radius 3 is 2.72 bits per heavy atom. The second-order valence-corrected chi connectivity index (χ2v) is 7.75. The topological polar surface area (TPSA) is 86.0 Å². The van der Waals surface area contributed by atoms with Gasteiger partial charge >= 0.3 is 0 Å². The maximum Gasteiger partial charge on any atom is 0.145 e. The molecule has 0 radical (unpaired) electrons. The van der Waals surface area contributed by atoms with E-state index in [-0.39, 0.29) is 6.10 Å². The van der Waals surface area contributed by atoms with Crippen molar-refractivity contribution >= 4 is 21.7 Å². The third-order valence-electron chi connectivity index (χ3n) is 5.53. The fourth-order valence-corrected chi connectivity index (χ4v) is 3.81. The van der Waals surface area contributed by atoms with Crippen molar-refractivity contribution in [2.75, 3.05) is 13.2 Å². The summed E-state index contributed by atoms with van der Waals surface area (Å²) < 4.78 is 12.2. The lowest BCUT2D eigenvalue weighted by Crippen LogP contribution is -2.32. The minimum atomic E-state index is -0.301. The van der Waals surface area contributed by atoms with Crippen molar-refractivity contribution < 1.29 is 9.47 Å². The molecule has 2 aromatic heterocycles. The van der Waals surface area contributed by atoms with Crippen LogP contribution in [-0.2, 0) is 0 Å². The van der Waals surface area contributed by atoms with Gasteiger partial charge in [-0.25, -0.2) is 0 Å². The number of benzene rings is 3. The van der Waals surface area contributed by atoms with Crippen molar-refractivity contribution in [2.24, 2.45) is 5.73 Å². The number of pyridine rings is 1. The smallest absolute Gasteiger partial charge is 0.145 e. The summed E-state index contributed by atoms with van der Waals surface area (Å²) in [6.45, 7) is 2.68. The molecule has 3 aromatic carbocycles. The average Bonchev–Trinajstić information content (AvgIpc) is 3.22. The second kappa shape index (κ2) is 8.69. The van der Waals surface area contributed by atoms with Crippen molar-refractivity contribution in [1.29, 1.82) is 0 Å². The van der Waals surface area contributed by atoms with E-state index in [2.05, 4.69) is 39.4 Å². The van der Waals surface area contributed by atoms with Crippen LogP contribution in [0.5, 0.6) is 11.5 Å². The zero-order chi connectivity index (χ0) is 21.9. The van der Waals surface area contributed by atoms with E-state index < -0.39 is 0 Å². The van der Waals surface area contributed by atoms with Crippen molar-refractivity contribution in [3.8, 4) is 22.6 Å². The number of nitrogens with zero attached hydrogens (tertiary/aromatic N) is 2. The van der Waals surface area contributed by atoms with Crippen LogP contribution in [0.2, 0.25) is 0 Å². The van der Waals surface area contributed by atoms with E-state index in [4.69, 9.17) is 15.2 Å². The Labute approximate surface area is 186 Å². The quantitative estimate of drug-likeness (QED) is 0.389. The number of hydrogen-bond donors (Lipinski definition) is 2. The zero-order valence-electron chi connectivity index (χ0n) is 17.8. The van der Waals surface area contributed by atoms with Crippen LogP contribution in [0.4, 0.5) is 0 Å². The van der Waals surface area contributed by atoms with Crippen LogP contribution in [0.15, 0.2) is 79.1 Å². The van der Waals surface area contributed by atoms with Crippen molar-refractivity contribution in [2.45, 2.75) is 13.0 Å². The van der Waals surface area contributed by atoms with Crippen LogP contribution in [0.25, 0.3) is 32.8 Å². The minimum absolute atomic E-state index is 0.301. The maximum atomic E-state index is 6.12. The highest BCUT2D eigenvalue weighted by Gasteiger charge is 2.13. The SMILES string of the molecule is Cc1[nH]nc2ccc(-c3cncc(OC(CN)COc4cccc5ccccc45)c3)cc12. The number of aryl methyl sites for hydroxylation is 1. The minimum Gasteiger partial charge on any atom is -0.489 e.